The van der Waals surface area contributed by atoms with Crippen LogP contribution in [0, 0.1) is 11.3 Å². The van der Waals surface area contributed by atoms with E-state index in [4.69, 9.17) is 5.26 Å². The number of nitriles is 1. The van der Waals surface area contributed by atoms with E-state index in [1.165, 1.54) is 6.42 Å². The lowest BCUT2D eigenvalue weighted by Gasteiger charge is -2.16. The van der Waals surface area contributed by atoms with Gasteiger partial charge in [-0.2, -0.15) is 5.26 Å². The zero-order valence-corrected chi connectivity index (χ0v) is 5.96. The second kappa shape index (κ2) is 2.36. The molecule has 0 radical (unpaired) electrons. The number of hydrogen-bond donors (Lipinski definition) is 0. The molecule has 1 heterocycles. The van der Waals surface area contributed by atoms with Crippen LogP contribution in [-0.4, -0.2) is 24.0 Å². The van der Waals surface area contributed by atoms with Crippen LogP contribution >= 0.6 is 0 Å². The van der Waals surface area contributed by atoms with Crippen molar-refractivity contribution in [2.24, 2.45) is 0 Å². The monoisotopic (exact) mass is 124 g/mol. The van der Waals surface area contributed by atoms with Crippen molar-refractivity contribution < 1.29 is 0 Å². The molecule has 0 N–H and O–H groups in total. The Kier molecular flexibility index (Phi) is 1.73. The lowest BCUT2D eigenvalue weighted by Crippen LogP contribution is -2.28. The quantitative estimate of drug-likeness (QED) is 0.481. The number of nitrogens with zero attached hydrogens (tertiary/aromatic N) is 2. The zero-order chi connectivity index (χ0) is 6.85. The molecule has 0 spiro atoms. The van der Waals surface area contributed by atoms with Crippen LogP contribution in [0.3, 0.4) is 0 Å². The van der Waals surface area contributed by atoms with Gasteiger partial charge in [-0.3, -0.25) is 4.90 Å². The fraction of sp³-hybridized carbons (Fsp3) is 0.857. The van der Waals surface area contributed by atoms with Crippen LogP contribution in [0.25, 0.3) is 0 Å². The summed E-state index contributed by atoms with van der Waals surface area (Å²) in [7, 11) is 2.02. The van der Waals surface area contributed by atoms with E-state index in [2.05, 4.69) is 17.9 Å². The Balaban J connectivity index is 2.54. The summed E-state index contributed by atoms with van der Waals surface area (Å²) in [5.74, 6) is 0. The molecule has 2 heteroatoms. The molecule has 9 heavy (non-hydrogen) atoms. The zero-order valence-electron chi connectivity index (χ0n) is 5.96. The Labute approximate surface area is 56.1 Å². The molecule has 0 aromatic carbocycles. The Morgan fingerprint density at radius 3 is 2.44 bits per heavy atom. The van der Waals surface area contributed by atoms with E-state index in [-0.39, 0.29) is 6.04 Å². The van der Waals surface area contributed by atoms with Gasteiger partial charge in [-0.15, -0.1) is 0 Å². The summed E-state index contributed by atoms with van der Waals surface area (Å²) in [6.07, 6.45) is 2.23. The van der Waals surface area contributed by atoms with Crippen molar-refractivity contribution in [1.82, 2.24) is 4.90 Å². The molecule has 0 aliphatic carbocycles. The van der Waals surface area contributed by atoms with Crippen molar-refractivity contribution in [1.29, 1.82) is 5.26 Å². The molecule has 1 unspecified atom stereocenters. The van der Waals surface area contributed by atoms with Crippen molar-refractivity contribution >= 4 is 0 Å². The standard InChI is InChI=1S/C7H12N2/c1-6-3-4-7(5-8)9(6)2/h6-7H,3-4H2,1-2H3/t6-,7?/m1/s1. The molecule has 2 atom stereocenters. The highest BCUT2D eigenvalue weighted by Gasteiger charge is 2.26. The molecule has 0 aromatic rings. The topological polar surface area (TPSA) is 27.0 Å². The molecular weight excluding hydrogens is 112 g/mol. The fourth-order valence-corrected chi connectivity index (χ4v) is 1.27. The fourth-order valence-electron chi connectivity index (χ4n) is 1.27. The highest BCUT2D eigenvalue weighted by molar-refractivity contribution is 4.97. The maximum absolute atomic E-state index is 8.56. The maximum atomic E-state index is 8.56. The van der Waals surface area contributed by atoms with E-state index in [0.29, 0.717) is 6.04 Å². The van der Waals surface area contributed by atoms with Gasteiger partial charge in [0.15, 0.2) is 0 Å². The molecule has 0 amide bonds. The number of rotatable bonds is 0. The first-order valence-corrected chi connectivity index (χ1v) is 3.37. The van der Waals surface area contributed by atoms with Crippen molar-refractivity contribution in [3.05, 3.63) is 0 Å². The first-order valence-electron chi connectivity index (χ1n) is 3.37. The molecule has 1 aliphatic heterocycles. The van der Waals surface area contributed by atoms with Gasteiger partial charge in [-0.25, -0.2) is 0 Å². The van der Waals surface area contributed by atoms with Crippen LogP contribution in [0.1, 0.15) is 19.8 Å². The van der Waals surface area contributed by atoms with Gasteiger partial charge in [-0.1, -0.05) is 0 Å². The molecule has 50 valence electrons. The molecule has 1 fully saturated rings. The third-order valence-corrected chi connectivity index (χ3v) is 2.19. The predicted octanol–water partition coefficient (Wildman–Crippen LogP) is 0.993. The Morgan fingerprint density at radius 1 is 1.56 bits per heavy atom. The van der Waals surface area contributed by atoms with Gasteiger partial charge < -0.3 is 0 Å². The maximum Gasteiger partial charge on any atom is 0.0978 e. The number of hydrogen-bond acceptors (Lipinski definition) is 2. The minimum absolute atomic E-state index is 0.181. The lowest BCUT2D eigenvalue weighted by molar-refractivity contribution is 0.291. The van der Waals surface area contributed by atoms with Gasteiger partial charge in [-0.05, 0) is 26.8 Å². The first-order chi connectivity index (χ1) is 4.25. The third kappa shape index (κ3) is 1.06. The summed E-state index contributed by atoms with van der Waals surface area (Å²) in [5, 5.41) is 8.56. The highest BCUT2D eigenvalue weighted by atomic mass is 15.2. The summed E-state index contributed by atoms with van der Waals surface area (Å²) < 4.78 is 0. The summed E-state index contributed by atoms with van der Waals surface area (Å²) in [4.78, 5) is 2.14. The van der Waals surface area contributed by atoms with Gasteiger partial charge >= 0.3 is 0 Å². The summed E-state index contributed by atoms with van der Waals surface area (Å²) in [6.45, 7) is 2.16. The molecule has 0 saturated carbocycles. The lowest BCUT2D eigenvalue weighted by atomic mass is 10.2. The van der Waals surface area contributed by atoms with Gasteiger partial charge in [0.2, 0.25) is 0 Å². The summed E-state index contributed by atoms with van der Waals surface area (Å²) in [6, 6.07) is 3.06. The van der Waals surface area contributed by atoms with Crippen LogP contribution in [-0.2, 0) is 0 Å². The largest absolute Gasteiger partial charge is 0.288 e. The van der Waals surface area contributed by atoms with E-state index >= 15 is 0 Å². The minimum atomic E-state index is 0.181. The molecule has 0 bridgehead atoms. The Bertz CT molecular complexity index is 136. The first kappa shape index (κ1) is 6.57. The third-order valence-electron chi connectivity index (χ3n) is 2.19. The van der Waals surface area contributed by atoms with Crippen molar-refractivity contribution in [3.8, 4) is 6.07 Å². The van der Waals surface area contributed by atoms with Gasteiger partial charge in [0, 0.05) is 6.04 Å². The molecule has 1 aliphatic rings. The minimum Gasteiger partial charge on any atom is -0.288 e. The molecule has 0 aromatic heterocycles. The van der Waals surface area contributed by atoms with Crippen molar-refractivity contribution in [2.45, 2.75) is 31.8 Å². The van der Waals surface area contributed by atoms with E-state index in [0.717, 1.165) is 6.42 Å². The molecular formula is C7H12N2. The summed E-state index contributed by atoms with van der Waals surface area (Å²) in [5.41, 5.74) is 0. The van der Waals surface area contributed by atoms with E-state index in [9.17, 15) is 0 Å². The van der Waals surface area contributed by atoms with Gasteiger partial charge in [0.1, 0.15) is 0 Å². The SMILES string of the molecule is C[C@@H]1CCC(C#N)N1C. The predicted molar refractivity (Wildman–Crippen MR) is 35.9 cm³/mol. The average Bonchev–Trinajstić information content (AvgIpc) is 2.15. The number of likely N-dealkylation sites (tertiary alicyclic amines) is 1. The molecule has 1 saturated heterocycles. The van der Waals surface area contributed by atoms with E-state index < -0.39 is 0 Å². The van der Waals surface area contributed by atoms with Crippen LogP contribution < -0.4 is 0 Å². The average molecular weight is 124 g/mol. The summed E-state index contributed by atoms with van der Waals surface area (Å²) >= 11 is 0. The van der Waals surface area contributed by atoms with Crippen LogP contribution in [0.2, 0.25) is 0 Å². The Morgan fingerprint density at radius 2 is 2.22 bits per heavy atom. The van der Waals surface area contributed by atoms with Crippen LogP contribution in [0.4, 0.5) is 0 Å². The van der Waals surface area contributed by atoms with Crippen LogP contribution in [0.15, 0.2) is 0 Å². The van der Waals surface area contributed by atoms with Crippen LogP contribution in [0.5, 0.6) is 0 Å². The Hall–Kier alpha value is -0.550. The highest BCUT2D eigenvalue weighted by Crippen LogP contribution is 2.20. The van der Waals surface area contributed by atoms with E-state index in [1.54, 1.807) is 0 Å². The second-order valence-electron chi connectivity index (χ2n) is 2.74. The van der Waals surface area contributed by atoms with Crippen molar-refractivity contribution in [3.63, 3.8) is 0 Å². The second-order valence-corrected chi connectivity index (χ2v) is 2.74. The van der Waals surface area contributed by atoms with Gasteiger partial charge in [0.25, 0.3) is 0 Å². The molecule has 2 nitrogen and oxygen atoms in total. The molecule has 1 rings (SSSR count). The smallest absolute Gasteiger partial charge is 0.0978 e. The van der Waals surface area contributed by atoms with Crippen molar-refractivity contribution in [2.75, 3.05) is 7.05 Å². The van der Waals surface area contributed by atoms with E-state index in [1.807, 2.05) is 7.05 Å². The normalized spacial score (nSPS) is 36.6. The van der Waals surface area contributed by atoms with Gasteiger partial charge in [0.05, 0.1) is 12.1 Å².